The number of carbonyl (C=O) groups excluding carboxylic acids is 1. The van der Waals surface area contributed by atoms with Gasteiger partial charge in [-0.15, -0.1) is 0 Å². The molecule has 1 amide bonds. The van der Waals surface area contributed by atoms with Crippen LogP contribution >= 0.6 is 0 Å². The molecule has 1 aliphatic heterocycles. The molecule has 0 atom stereocenters. The largest absolute Gasteiger partial charge is 0.469 e. The molecule has 1 aromatic carbocycles. The molecular weight excluding hydrogens is 364 g/mol. The summed E-state index contributed by atoms with van der Waals surface area (Å²) >= 11 is 0. The van der Waals surface area contributed by atoms with Gasteiger partial charge in [-0.25, -0.2) is 8.42 Å². The van der Waals surface area contributed by atoms with Crippen LogP contribution < -0.4 is 0 Å². The summed E-state index contributed by atoms with van der Waals surface area (Å²) in [6, 6.07) is 7.45. The fraction of sp³-hybridized carbons (Fsp3) is 0.450. The second-order valence-corrected chi connectivity index (χ2v) is 8.97. The predicted octanol–water partition coefficient (Wildman–Crippen LogP) is 2.67. The highest BCUT2D eigenvalue weighted by Crippen LogP contribution is 2.26. The molecule has 0 spiro atoms. The molecule has 1 saturated heterocycles. The van der Waals surface area contributed by atoms with E-state index < -0.39 is 10.0 Å². The molecule has 1 aromatic heterocycles. The first kappa shape index (κ1) is 19.6. The van der Waals surface area contributed by atoms with Crippen molar-refractivity contribution in [1.82, 2.24) is 9.21 Å². The molecule has 0 saturated carbocycles. The van der Waals surface area contributed by atoms with Crippen LogP contribution in [-0.2, 0) is 21.2 Å². The van der Waals surface area contributed by atoms with Crippen molar-refractivity contribution in [3.63, 3.8) is 0 Å². The van der Waals surface area contributed by atoms with Crippen LogP contribution in [0.3, 0.4) is 0 Å². The summed E-state index contributed by atoms with van der Waals surface area (Å²) in [7, 11) is -3.56. The lowest BCUT2D eigenvalue weighted by atomic mass is 10.1. The van der Waals surface area contributed by atoms with Gasteiger partial charge in [0.1, 0.15) is 5.76 Å². The third-order valence-corrected chi connectivity index (χ3v) is 7.16. The van der Waals surface area contributed by atoms with Crippen LogP contribution in [0, 0.1) is 20.8 Å². The average Bonchev–Trinajstić information content (AvgIpc) is 3.12. The second kappa shape index (κ2) is 7.86. The Kier molecular flexibility index (Phi) is 5.72. The normalized spacial score (nSPS) is 15.9. The van der Waals surface area contributed by atoms with Crippen molar-refractivity contribution < 1.29 is 17.6 Å². The summed E-state index contributed by atoms with van der Waals surface area (Å²) in [6.45, 7) is 7.11. The van der Waals surface area contributed by atoms with Gasteiger partial charge in [0.05, 0.1) is 11.2 Å². The molecule has 7 heteroatoms. The zero-order chi connectivity index (χ0) is 19.6. The highest BCUT2D eigenvalue weighted by atomic mass is 32.2. The molecule has 0 radical (unpaired) electrons. The molecule has 2 aromatic rings. The highest BCUT2D eigenvalue weighted by Gasteiger charge is 2.32. The van der Waals surface area contributed by atoms with Crippen molar-refractivity contribution in [1.29, 1.82) is 0 Å². The second-order valence-electron chi connectivity index (χ2n) is 7.09. The van der Waals surface area contributed by atoms with E-state index in [1.165, 1.54) is 4.31 Å². The Morgan fingerprint density at radius 1 is 1.07 bits per heavy atom. The van der Waals surface area contributed by atoms with Crippen molar-refractivity contribution in [2.24, 2.45) is 0 Å². The molecule has 1 fully saturated rings. The van der Waals surface area contributed by atoms with Gasteiger partial charge in [0, 0.05) is 39.0 Å². The number of rotatable bonds is 5. The molecule has 3 rings (SSSR count). The molecule has 0 N–H and O–H groups in total. The monoisotopic (exact) mass is 390 g/mol. The number of nitrogens with zero attached hydrogens (tertiary/aromatic N) is 2. The third-order valence-electron chi connectivity index (χ3n) is 4.96. The number of hydrogen-bond donors (Lipinski definition) is 0. The minimum absolute atomic E-state index is 0.0335. The lowest BCUT2D eigenvalue weighted by molar-refractivity contribution is -0.132. The number of aryl methyl sites for hydroxylation is 4. The van der Waals surface area contributed by atoms with Crippen LogP contribution in [0.5, 0.6) is 0 Å². The number of piperazine rings is 1. The number of amides is 1. The lowest BCUT2D eigenvalue weighted by Gasteiger charge is -2.34. The molecule has 1 aliphatic rings. The van der Waals surface area contributed by atoms with Gasteiger partial charge in [-0.05, 0) is 44.0 Å². The van der Waals surface area contributed by atoms with E-state index in [-0.39, 0.29) is 5.91 Å². The van der Waals surface area contributed by atoms with Gasteiger partial charge in [0.25, 0.3) is 0 Å². The maximum absolute atomic E-state index is 13.1. The van der Waals surface area contributed by atoms with Crippen LogP contribution in [0.15, 0.2) is 39.8 Å². The summed E-state index contributed by atoms with van der Waals surface area (Å²) in [5.41, 5.74) is 2.59. The fourth-order valence-corrected chi connectivity index (χ4v) is 5.56. The van der Waals surface area contributed by atoms with Gasteiger partial charge in [-0.3, -0.25) is 4.79 Å². The van der Waals surface area contributed by atoms with Crippen LogP contribution in [0.4, 0.5) is 0 Å². The molecule has 0 bridgehead atoms. The molecule has 0 unspecified atom stereocenters. The fourth-order valence-electron chi connectivity index (χ4n) is 3.72. The molecule has 6 nitrogen and oxygen atoms in total. The van der Waals surface area contributed by atoms with Crippen molar-refractivity contribution >= 4 is 15.9 Å². The molecule has 27 heavy (non-hydrogen) atoms. The van der Waals surface area contributed by atoms with Crippen molar-refractivity contribution in [3.05, 3.63) is 53.0 Å². The van der Waals surface area contributed by atoms with Gasteiger partial charge in [-0.2, -0.15) is 4.31 Å². The maximum atomic E-state index is 13.1. The number of benzene rings is 1. The number of carbonyl (C=O) groups is 1. The van der Waals surface area contributed by atoms with Gasteiger partial charge < -0.3 is 9.32 Å². The van der Waals surface area contributed by atoms with Gasteiger partial charge >= 0.3 is 0 Å². The van der Waals surface area contributed by atoms with Crippen molar-refractivity contribution in [2.45, 2.75) is 38.5 Å². The van der Waals surface area contributed by atoms with E-state index in [1.807, 2.05) is 39.0 Å². The van der Waals surface area contributed by atoms with E-state index in [9.17, 15) is 13.2 Å². The first-order valence-corrected chi connectivity index (χ1v) is 10.6. The smallest absolute Gasteiger partial charge is 0.243 e. The summed E-state index contributed by atoms with van der Waals surface area (Å²) < 4.78 is 33.0. The quantitative estimate of drug-likeness (QED) is 0.787. The third kappa shape index (κ3) is 4.25. The van der Waals surface area contributed by atoms with E-state index in [0.717, 1.165) is 22.5 Å². The van der Waals surface area contributed by atoms with E-state index >= 15 is 0 Å². The average molecular weight is 391 g/mol. The number of hydrogen-bond acceptors (Lipinski definition) is 4. The number of furan rings is 1. The first-order valence-electron chi connectivity index (χ1n) is 9.17. The van der Waals surface area contributed by atoms with Crippen molar-refractivity contribution in [2.75, 3.05) is 26.2 Å². The zero-order valence-electron chi connectivity index (χ0n) is 16.1. The van der Waals surface area contributed by atoms with Crippen LogP contribution in [-0.4, -0.2) is 49.7 Å². The molecule has 146 valence electrons. The minimum atomic E-state index is -3.56. The van der Waals surface area contributed by atoms with Gasteiger partial charge in [0.2, 0.25) is 15.9 Å². The van der Waals surface area contributed by atoms with E-state index in [4.69, 9.17) is 4.42 Å². The van der Waals surface area contributed by atoms with Gasteiger partial charge in [0.15, 0.2) is 0 Å². The summed E-state index contributed by atoms with van der Waals surface area (Å²) in [5.74, 6) is 0.820. The Hall–Kier alpha value is -2.12. The SMILES string of the molecule is Cc1cc(C)c(S(=O)(=O)N2CCN(C(=O)CCc3ccco3)CC2)c(C)c1. The summed E-state index contributed by atoms with van der Waals surface area (Å²) in [6.07, 6.45) is 2.53. The van der Waals surface area contributed by atoms with Crippen LogP contribution in [0.1, 0.15) is 28.9 Å². The number of sulfonamides is 1. The Bertz CT molecular complexity index is 888. The first-order chi connectivity index (χ1) is 12.8. The Morgan fingerprint density at radius 2 is 1.70 bits per heavy atom. The Morgan fingerprint density at radius 3 is 2.26 bits per heavy atom. The minimum Gasteiger partial charge on any atom is -0.469 e. The topological polar surface area (TPSA) is 70.8 Å². The Labute approximate surface area is 160 Å². The van der Waals surface area contributed by atoms with E-state index in [1.54, 1.807) is 17.2 Å². The highest BCUT2D eigenvalue weighted by molar-refractivity contribution is 7.89. The van der Waals surface area contributed by atoms with Crippen LogP contribution in [0.2, 0.25) is 0 Å². The maximum Gasteiger partial charge on any atom is 0.243 e. The summed E-state index contributed by atoms with van der Waals surface area (Å²) in [5, 5.41) is 0. The molecule has 0 aliphatic carbocycles. The van der Waals surface area contributed by atoms with E-state index in [0.29, 0.717) is 43.9 Å². The molecule has 2 heterocycles. The van der Waals surface area contributed by atoms with Crippen LogP contribution in [0.25, 0.3) is 0 Å². The molecular formula is C20H26N2O4S. The van der Waals surface area contributed by atoms with E-state index in [2.05, 4.69) is 0 Å². The zero-order valence-corrected chi connectivity index (χ0v) is 16.9. The lowest BCUT2D eigenvalue weighted by Crippen LogP contribution is -2.50. The standard InChI is InChI=1S/C20H26N2O4S/c1-15-13-16(2)20(17(3)14-15)27(24,25)22-10-8-21(9-11-22)19(23)7-6-18-5-4-12-26-18/h4-5,12-14H,6-11H2,1-3H3. The summed E-state index contributed by atoms with van der Waals surface area (Å²) in [4.78, 5) is 14.5. The van der Waals surface area contributed by atoms with Crippen molar-refractivity contribution in [3.8, 4) is 0 Å². The van der Waals surface area contributed by atoms with Gasteiger partial charge in [-0.1, -0.05) is 17.7 Å². The predicted molar refractivity (Wildman–Crippen MR) is 103 cm³/mol. The Balaban J connectivity index is 1.64.